The van der Waals surface area contributed by atoms with E-state index in [4.69, 9.17) is 9.57 Å². The lowest BCUT2D eigenvalue weighted by Crippen LogP contribution is -2.33. The van der Waals surface area contributed by atoms with Crippen LogP contribution in [0.1, 0.15) is 77.5 Å². The first kappa shape index (κ1) is 29.7. The van der Waals surface area contributed by atoms with E-state index in [0.717, 1.165) is 27.3 Å². The number of nitrogens with zero attached hydrogens (tertiary/aromatic N) is 2. The predicted molar refractivity (Wildman–Crippen MR) is 176 cm³/mol. The smallest absolute Gasteiger partial charge is 0.295 e. The molecule has 5 aromatic carbocycles. The predicted octanol–water partition coefficient (Wildman–Crippen LogP) is 7.81. The number of benzene rings is 5. The molecule has 7 rings (SSSR count). The minimum Gasteiger partial charge on any atom is -0.457 e. The normalized spacial score (nSPS) is 14.0. The summed E-state index contributed by atoms with van der Waals surface area (Å²) in [6.07, 6.45) is 0. The molecule has 0 saturated carbocycles. The first-order valence-electron chi connectivity index (χ1n) is 15.2. The van der Waals surface area contributed by atoms with Crippen LogP contribution in [-0.4, -0.2) is 28.7 Å². The van der Waals surface area contributed by atoms with E-state index >= 15 is 0 Å². The largest absolute Gasteiger partial charge is 0.457 e. The van der Waals surface area contributed by atoms with Crippen molar-refractivity contribution in [1.29, 1.82) is 0 Å². The van der Waals surface area contributed by atoms with E-state index in [1.807, 2.05) is 56.3 Å². The van der Waals surface area contributed by atoms with Crippen LogP contribution in [-0.2, 0) is 5.41 Å². The molecule has 2 aliphatic heterocycles. The van der Waals surface area contributed by atoms with Crippen molar-refractivity contribution in [3.63, 3.8) is 0 Å². The van der Waals surface area contributed by atoms with Crippen LogP contribution in [0.2, 0.25) is 0 Å². The van der Waals surface area contributed by atoms with Crippen molar-refractivity contribution < 1.29 is 28.8 Å². The first-order chi connectivity index (χ1) is 22.5. The second-order valence-corrected chi connectivity index (χ2v) is 12.3. The third-order valence-corrected chi connectivity index (χ3v) is 8.73. The zero-order chi connectivity index (χ0) is 33.0. The number of imide groups is 2. The van der Waals surface area contributed by atoms with E-state index in [1.165, 1.54) is 4.90 Å². The molecule has 0 saturated heterocycles. The summed E-state index contributed by atoms with van der Waals surface area (Å²) < 4.78 is 6.06. The van der Waals surface area contributed by atoms with Crippen LogP contribution < -0.4 is 14.5 Å². The maximum absolute atomic E-state index is 13.0. The number of aryl methyl sites for hydroxylation is 2. The molecule has 8 nitrogen and oxygen atoms in total. The van der Waals surface area contributed by atoms with Gasteiger partial charge >= 0.3 is 0 Å². The van der Waals surface area contributed by atoms with Gasteiger partial charge in [0.05, 0.1) is 27.9 Å². The Morgan fingerprint density at radius 2 is 0.915 bits per heavy atom. The summed E-state index contributed by atoms with van der Waals surface area (Å²) in [6.45, 7) is 7.96. The molecular weight excluding hydrogens is 592 g/mol. The molecule has 47 heavy (non-hydrogen) atoms. The number of amides is 4. The Balaban J connectivity index is 1.01. The minimum absolute atomic E-state index is 0.333. The Bertz CT molecular complexity index is 2100. The molecule has 5 aromatic rings. The first-order valence-corrected chi connectivity index (χ1v) is 15.2. The van der Waals surface area contributed by atoms with Gasteiger partial charge in [0.15, 0.2) is 5.75 Å². The van der Waals surface area contributed by atoms with Crippen LogP contribution in [0, 0.1) is 13.8 Å². The number of anilines is 1. The monoisotopic (exact) mass is 622 g/mol. The van der Waals surface area contributed by atoms with Gasteiger partial charge in [-0.3, -0.25) is 19.2 Å². The highest BCUT2D eigenvalue weighted by Gasteiger charge is 2.38. The molecule has 232 valence electrons. The number of carbonyl (C=O) groups excluding carboxylic acids is 4. The summed E-state index contributed by atoms with van der Waals surface area (Å²) >= 11 is 0. The van der Waals surface area contributed by atoms with Crippen molar-refractivity contribution in [2.75, 3.05) is 4.90 Å². The van der Waals surface area contributed by atoms with Crippen molar-refractivity contribution in [2.45, 2.75) is 33.1 Å². The average molecular weight is 623 g/mol. The third kappa shape index (κ3) is 5.13. The number of carbonyl (C=O) groups is 4. The van der Waals surface area contributed by atoms with Crippen molar-refractivity contribution in [2.24, 2.45) is 0 Å². The summed E-state index contributed by atoms with van der Waals surface area (Å²) in [5, 5.41) is 0.807. The fourth-order valence-corrected chi connectivity index (χ4v) is 5.95. The lowest BCUT2D eigenvalue weighted by molar-refractivity contribution is -0.0141. The van der Waals surface area contributed by atoms with Crippen molar-refractivity contribution >= 4 is 29.3 Å². The lowest BCUT2D eigenvalue weighted by atomic mass is 9.78. The highest BCUT2D eigenvalue weighted by Crippen LogP contribution is 2.36. The van der Waals surface area contributed by atoms with Gasteiger partial charge in [-0.15, -0.1) is 0 Å². The number of hydroxylamine groups is 2. The molecular formula is C39H30N2O6. The number of ether oxygens (including phenoxy) is 1. The summed E-state index contributed by atoms with van der Waals surface area (Å²) in [5.74, 6) is -0.0498. The molecule has 0 unspecified atom stereocenters. The quantitative estimate of drug-likeness (QED) is 0.172. The Kier molecular flexibility index (Phi) is 7.01. The second kappa shape index (κ2) is 11.1. The van der Waals surface area contributed by atoms with Crippen LogP contribution in [0.15, 0.2) is 109 Å². The maximum Gasteiger partial charge on any atom is 0.295 e. The van der Waals surface area contributed by atoms with E-state index in [-0.39, 0.29) is 17.2 Å². The second-order valence-electron chi connectivity index (χ2n) is 12.3. The van der Waals surface area contributed by atoms with Gasteiger partial charge in [0, 0.05) is 5.41 Å². The lowest BCUT2D eigenvalue weighted by Gasteiger charge is -2.26. The third-order valence-electron chi connectivity index (χ3n) is 8.73. The molecule has 0 aliphatic carbocycles. The highest BCUT2D eigenvalue weighted by molar-refractivity contribution is 6.34. The molecule has 0 bridgehead atoms. The number of rotatable bonds is 7. The Morgan fingerprint density at radius 3 is 1.47 bits per heavy atom. The van der Waals surface area contributed by atoms with Crippen LogP contribution in [0.4, 0.5) is 5.69 Å². The summed E-state index contributed by atoms with van der Waals surface area (Å²) in [4.78, 5) is 58.3. The SMILES string of the molecule is Cc1ccc2c(c1)C(=O)N(Oc1ccc(C(C)(C)c3ccc(Oc4ccc(N5C(=O)c6ccc(C)cc6C5=O)cc4)cc3)cc1)C2=O. The van der Waals surface area contributed by atoms with Gasteiger partial charge in [-0.25, -0.2) is 4.90 Å². The summed E-state index contributed by atoms with van der Waals surface area (Å²) in [5.41, 5.74) is 5.47. The standard InChI is InChI=1S/C39H30N2O6/c1-23-5-19-31-33(21-23)36(43)40(35(31)42)27-11-17-29(18-12-27)46-28-13-7-25(8-14-28)39(3,4)26-9-15-30(16-10-26)47-41-37(44)32-20-6-24(2)22-34(32)38(41)45/h5-22H,1-4H3. The molecule has 0 aromatic heterocycles. The number of hydrogen-bond donors (Lipinski definition) is 0. The summed E-state index contributed by atoms with van der Waals surface area (Å²) in [6, 6.07) is 32.3. The van der Waals surface area contributed by atoms with Gasteiger partial charge < -0.3 is 9.57 Å². The zero-order valence-corrected chi connectivity index (χ0v) is 26.2. The van der Waals surface area contributed by atoms with Crippen molar-refractivity contribution in [1.82, 2.24) is 5.06 Å². The minimum atomic E-state index is -0.481. The molecule has 2 aliphatic rings. The Morgan fingerprint density at radius 1 is 0.489 bits per heavy atom. The van der Waals surface area contributed by atoms with Gasteiger partial charge in [0.25, 0.3) is 23.6 Å². The van der Waals surface area contributed by atoms with E-state index in [0.29, 0.717) is 45.2 Å². The maximum atomic E-state index is 13.0. The van der Waals surface area contributed by atoms with E-state index in [2.05, 4.69) is 13.8 Å². The fraction of sp³-hybridized carbons (Fsp3) is 0.128. The molecule has 2 heterocycles. The van der Waals surface area contributed by atoms with Crippen molar-refractivity contribution in [3.8, 4) is 17.2 Å². The molecule has 8 heteroatoms. The average Bonchev–Trinajstić information content (AvgIpc) is 3.45. The van der Waals surface area contributed by atoms with E-state index < -0.39 is 11.8 Å². The molecule has 4 amide bonds. The number of hydrogen-bond acceptors (Lipinski definition) is 6. The van der Waals surface area contributed by atoms with Gasteiger partial charge in [-0.2, -0.15) is 0 Å². The van der Waals surface area contributed by atoms with E-state index in [9.17, 15) is 19.2 Å². The molecule has 0 atom stereocenters. The van der Waals surface area contributed by atoms with Crippen LogP contribution >= 0.6 is 0 Å². The fourth-order valence-electron chi connectivity index (χ4n) is 5.95. The van der Waals surface area contributed by atoms with E-state index in [1.54, 1.807) is 66.7 Å². The van der Waals surface area contributed by atoms with Gasteiger partial charge in [-0.1, -0.05) is 66.4 Å². The summed E-state index contributed by atoms with van der Waals surface area (Å²) in [7, 11) is 0. The Hall–Kier alpha value is -6.02. The molecule has 0 radical (unpaired) electrons. The molecule has 0 N–H and O–H groups in total. The van der Waals surface area contributed by atoms with Gasteiger partial charge in [0.2, 0.25) is 0 Å². The molecule has 0 spiro atoms. The highest BCUT2D eigenvalue weighted by atomic mass is 16.7. The van der Waals surface area contributed by atoms with Crippen LogP contribution in [0.25, 0.3) is 0 Å². The topological polar surface area (TPSA) is 93.2 Å². The van der Waals surface area contributed by atoms with Crippen LogP contribution in [0.5, 0.6) is 17.2 Å². The van der Waals surface area contributed by atoms with Crippen LogP contribution in [0.3, 0.4) is 0 Å². The molecule has 0 fully saturated rings. The van der Waals surface area contributed by atoms with Gasteiger partial charge in [0.1, 0.15) is 11.5 Å². The zero-order valence-electron chi connectivity index (χ0n) is 26.2. The van der Waals surface area contributed by atoms with Gasteiger partial charge in [-0.05, 0) is 97.8 Å². The Labute approximate surface area is 271 Å². The number of fused-ring (bicyclic) bond motifs is 2. The van der Waals surface area contributed by atoms with Crippen molar-refractivity contribution in [3.05, 3.63) is 154 Å².